The highest BCUT2D eigenvalue weighted by Gasteiger charge is 2.28. The second kappa shape index (κ2) is 5.22. The molecule has 1 aliphatic rings. The molecule has 1 atom stereocenters. The monoisotopic (exact) mass is 184 g/mol. The van der Waals surface area contributed by atoms with Crippen LogP contribution in [0, 0.1) is 0 Å². The lowest BCUT2D eigenvalue weighted by Crippen LogP contribution is -2.42. The van der Waals surface area contributed by atoms with Gasteiger partial charge in [0, 0.05) is 7.05 Å². The van der Waals surface area contributed by atoms with Crippen molar-refractivity contribution in [1.82, 2.24) is 10.2 Å². The largest absolute Gasteiger partial charge is 0.358 e. The van der Waals surface area contributed by atoms with Gasteiger partial charge in [0.15, 0.2) is 0 Å². The number of nitrogens with zero attached hydrogens (tertiary/aromatic N) is 1. The number of hydrogen-bond acceptors (Lipinski definition) is 2. The van der Waals surface area contributed by atoms with Crippen LogP contribution in [0.3, 0.4) is 0 Å². The summed E-state index contributed by atoms with van der Waals surface area (Å²) in [6.07, 6.45) is 4.61. The van der Waals surface area contributed by atoms with Crippen LogP contribution in [0.4, 0.5) is 0 Å². The molecule has 0 aliphatic carbocycles. The summed E-state index contributed by atoms with van der Waals surface area (Å²) in [6, 6.07) is 0.150. The molecule has 0 saturated carbocycles. The SMILES string of the molecule is CCCCN1CCC[C@H]1C(=O)NC. The summed E-state index contributed by atoms with van der Waals surface area (Å²) >= 11 is 0. The molecule has 1 fully saturated rings. The van der Waals surface area contributed by atoms with Gasteiger partial charge in [0.25, 0.3) is 0 Å². The van der Waals surface area contributed by atoms with Crippen molar-refractivity contribution in [1.29, 1.82) is 0 Å². The Morgan fingerprint density at radius 2 is 2.38 bits per heavy atom. The minimum atomic E-state index is 0.150. The van der Waals surface area contributed by atoms with Gasteiger partial charge < -0.3 is 5.32 Å². The van der Waals surface area contributed by atoms with Crippen LogP contribution >= 0.6 is 0 Å². The van der Waals surface area contributed by atoms with E-state index in [1.165, 1.54) is 19.3 Å². The van der Waals surface area contributed by atoms with E-state index in [1.807, 2.05) is 0 Å². The Hall–Kier alpha value is -0.570. The van der Waals surface area contributed by atoms with E-state index in [1.54, 1.807) is 7.05 Å². The fourth-order valence-electron chi connectivity index (χ4n) is 1.92. The maximum Gasteiger partial charge on any atom is 0.237 e. The number of hydrogen-bond donors (Lipinski definition) is 1. The van der Waals surface area contributed by atoms with Crippen LogP contribution in [0.15, 0.2) is 0 Å². The van der Waals surface area contributed by atoms with E-state index in [2.05, 4.69) is 17.1 Å². The Morgan fingerprint density at radius 1 is 1.62 bits per heavy atom. The van der Waals surface area contributed by atoms with Gasteiger partial charge in [-0.2, -0.15) is 0 Å². The van der Waals surface area contributed by atoms with Crippen LogP contribution in [0.2, 0.25) is 0 Å². The van der Waals surface area contributed by atoms with Gasteiger partial charge in [-0.25, -0.2) is 0 Å². The Morgan fingerprint density at radius 3 is 3.00 bits per heavy atom. The number of amides is 1. The van der Waals surface area contributed by atoms with Gasteiger partial charge in [0.2, 0.25) is 5.91 Å². The number of nitrogens with one attached hydrogen (secondary N) is 1. The lowest BCUT2D eigenvalue weighted by molar-refractivity contribution is -0.124. The molecule has 1 saturated heterocycles. The van der Waals surface area contributed by atoms with Crippen LogP contribution in [-0.2, 0) is 4.79 Å². The third-order valence-electron chi connectivity index (χ3n) is 2.71. The standard InChI is InChI=1S/C10H20N2O/c1-3-4-7-12-8-5-6-9(12)10(13)11-2/h9H,3-8H2,1-2H3,(H,11,13)/t9-/m0/s1. The van der Waals surface area contributed by atoms with Crippen LogP contribution in [0.5, 0.6) is 0 Å². The van der Waals surface area contributed by atoms with Crippen molar-refractivity contribution in [3.8, 4) is 0 Å². The summed E-state index contributed by atoms with van der Waals surface area (Å²) in [6.45, 7) is 4.36. The van der Waals surface area contributed by atoms with Crippen molar-refractivity contribution in [2.45, 2.75) is 38.6 Å². The Bertz CT molecular complexity index is 170. The number of carbonyl (C=O) groups excluding carboxylic acids is 1. The lowest BCUT2D eigenvalue weighted by atomic mass is 10.2. The zero-order valence-electron chi connectivity index (χ0n) is 8.68. The highest BCUT2D eigenvalue weighted by atomic mass is 16.2. The summed E-state index contributed by atoms with van der Waals surface area (Å²) < 4.78 is 0. The molecule has 0 aromatic heterocycles. The number of rotatable bonds is 4. The molecule has 1 N–H and O–H groups in total. The van der Waals surface area contributed by atoms with Gasteiger partial charge >= 0.3 is 0 Å². The van der Waals surface area contributed by atoms with Gasteiger partial charge in [0.1, 0.15) is 0 Å². The highest BCUT2D eigenvalue weighted by molar-refractivity contribution is 5.81. The van der Waals surface area contributed by atoms with E-state index >= 15 is 0 Å². The molecule has 1 aliphatic heterocycles. The van der Waals surface area contributed by atoms with Crippen LogP contribution < -0.4 is 5.32 Å². The molecular formula is C10H20N2O. The normalized spacial score (nSPS) is 23.4. The summed E-state index contributed by atoms with van der Waals surface area (Å²) in [5.74, 6) is 0.189. The molecule has 13 heavy (non-hydrogen) atoms. The molecule has 0 bridgehead atoms. The van der Waals surface area contributed by atoms with Crippen molar-refractivity contribution < 1.29 is 4.79 Å². The molecule has 3 nitrogen and oxygen atoms in total. The first-order valence-corrected chi connectivity index (χ1v) is 5.25. The minimum Gasteiger partial charge on any atom is -0.358 e. The number of likely N-dealkylation sites (N-methyl/N-ethyl adjacent to an activating group) is 1. The van der Waals surface area contributed by atoms with Gasteiger partial charge in [-0.1, -0.05) is 13.3 Å². The third-order valence-corrected chi connectivity index (χ3v) is 2.71. The molecule has 1 heterocycles. The van der Waals surface area contributed by atoms with E-state index in [4.69, 9.17) is 0 Å². The third kappa shape index (κ3) is 2.69. The molecule has 0 radical (unpaired) electrons. The van der Waals surface area contributed by atoms with Crippen molar-refractivity contribution in [3.05, 3.63) is 0 Å². The Balaban J connectivity index is 2.39. The first-order valence-electron chi connectivity index (χ1n) is 5.25. The molecule has 76 valence electrons. The molecule has 3 heteroatoms. The molecule has 1 amide bonds. The summed E-state index contributed by atoms with van der Waals surface area (Å²) in [5.41, 5.74) is 0. The smallest absolute Gasteiger partial charge is 0.237 e. The van der Waals surface area contributed by atoms with E-state index in [9.17, 15) is 4.79 Å². The van der Waals surface area contributed by atoms with Crippen LogP contribution in [0.25, 0.3) is 0 Å². The fourth-order valence-corrected chi connectivity index (χ4v) is 1.92. The first-order chi connectivity index (χ1) is 6.29. The molecule has 0 spiro atoms. The molecular weight excluding hydrogens is 164 g/mol. The number of carbonyl (C=O) groups is 1. The quantitative estimate of drug-likeness (QED) is 0.707. The van der Waals surface area contributed by atoms with Crippen LogP contribution in [0.1, 0.15) is 32.6 Å². The van der Waals surface area contributed by atoms with Crippen molar-refractivity contribution in [3.63, 3.8) is 0 Å². The second-order valence-corrected chi connectivity index (χ2v) is 3.66. The van der Waals surface area contributed by atoms with Crippen LogP contribution in [-0.4, -0.2) is 37.0 Å². The zero-order valence-corrected chi connectivity index (χ0v) is 8.68. The van der Waals surface area contributed by atoms with Crippen molar-refractivity contribution in [2.75, 3.05) is 20.1 Å². The lowest BCUT2D eigenvalue weighted by Gasteiger charge is -2.22. The van der Waals surface area contributed by atoms with Gasteiger partial charge in [-0.05, 0) is 32.4 Å². The Kier molecular flexibility index (Phi) is 4.22. The van der Waals surface area contributed by atoms with E-state index in [0.717, 1.165) is 19.5 Å². The average molecular weight is 184 g/mol. The maximum absolute atomic E-state index is 11.4. The van der Waals surface area contributed by atoms with E-state index in [-0.39, 0.29) is 11.9 Å². The number of unbranched alkanes of at least 4 members (excludes halogenated alkanes) is 1. The van der Waals surface area contributed by atoms with Gasteiger partial charge in [0.05, 0.1) is 6.04 Å². The summed E-state index contributed by atoms with van der Waals surface area (Å²) in [5, 5.41) is 2.73. The predicted octanol–water partition coefficient (Wildman–Crippen LogP) is 0.997. The van der Waals surface area contributed by atoms with E-state index < -0.39 is 0 Å². The number of likely N-dealkylation sites (tertiary alicyclic amines) is 1. The predicted molar refractivity (Wildman–Crippen MR) is 53.6 cm³/mol. The average Bonchev–Trinajstić information content (AvgIpc) is 2.61. The Labute approximate surface area is 80.5 Å². The van der Waals surface area contributed by atoms with Gasteiger partial charge in [-0.15, -0.1) is 0 Å². The minimum absolute atomic E-state index is 0.150. The highest BCUT2D eigenvalue weighted by Crippen LogP contribution is 2.17. The second-order valence-electron chi connectivity index (χ2n) is 3.66. The van der Waals surface area contributed by atoms with Crippen molar-refractivity contribution >= 4 is 5.91 Å². The summed E-state index contributed by atoms with van der Waals surface area (Å²) in [7, 11) is 1.72. The van der Waals surface area contributed by atoms with E-state index in [0.29, 0.717) is 0 Å². The van der Waals surface area contributed by atoms with Crippen molar-refractivity contribution in [2.24, 2.45) is 0 Å². The molecule has 1 rings (SSSR count). The summed E-state index contributed by atoms with van der Waals surface area (Å²) in [4.78, 5) is 13.7. The fraction of sp³-hybridized carbons (Fsp3) is 0.900. The topological polar surface area (TPSA) is 32.3 Å². The first kappa shape index (κ1) is 10.5. The molecule has 0 aromatic rings. The molecule has 0 aromatic carbocycles. The zero-order chi connectivity index (χ0) is 9.68. The maximum atomic E-state index is 11.4. The van der Waals surface area contributed by atoms with Gasteiger partial charge in [-0.3, -0.25) is 9.69 Å². The molecule has 0 unspecified atom stereocenters.